The third kappa shape index (κ3) is 3.11. The molecule has 1 unspecified atom stereocenters. The van der Waals surface area contributed by atoms with Crippen molar-refractivity contribution in [2.75, 3.05) is 0 Å². The van der Waals surface area contributed by atoms with Gasteiger partial charge in [-0.25, -0.2) is 0 Å². The second-order valence-electron chi connectivity index (χ2n) is 4.36. The van der Waals surface area contributed by atoms with Crippen LogP contribution in [0.25, 0.3) is 0 Å². The Hall–Kier alpha value is -0.0800. The van der Waals surface area contributed by atoms with Gasteiger partial charge in [-0.15, -0.1) is 0 Å². The Morgan fingerprint density at radius 2 is 1.83 bits per heavy atom. The average molecular weight is 172 g/mol. The summed E-state index contributed by atoms with van der Waals surface area (Å²) in [7, 11) is 0. The standard InChI is InChI=1S/C10H20O2/c1-8-6-4-5-7-9(8)12-10(2,3)11/h8-9,11H,4-7H2,1-3H3/t8-,9?/m1/s1. The van der Waals surface area contributed by atoms with Crippen molar-refractivity contribution in [3.05, 3.63) is 0 Å². The van der Waals surface area contributed by atoms with E-state index in [2.05, 4.69) is 6.92 Å². The smallest absolute Gasteiger partial charge is 0.160 e. The summed E-state index contributed by atoms with van der Waals surface area (Å²) in [5.41, 5.74) is 0. The highest BCUT2D eigenvalue weighted by Gasteiger charge is 2.27. The maximum absolute atomic E-state index is 9.47. The lowest BCUT2D eigenvalue weighted by molar-refractivity contribution is -0.220. The molecule has 1 N–H and O–H groups in total. The molecular formula is C10H20O2. The molecule has 1 fully saturated rings. The van der Waals surface area contributed by atoms with E-state index in [0.717, 1.165) is 6.42 Å². The van der Waals surface area contributed by atoms with E-state index in [1.807, 2.05) is 0 Å². The van der Waals surface area contributed by atoms with Gasteiger partial charge in [-0.05, 0) is 32.6 Å². The molecule has 2 atom stereocenters. The first-order chi connectivity index (χ1) is 5.49. The normalized spacial score (nSPS) is 32.0. The fraction of sp³-hybridized carbons (Fsp3) is 1.00. The van der Waals surface area contributed by atoms with E-state index in [0.29, 0.717) is 5.92 Å². The van der Waals surface area contributed by atoms with Gasteiger partial charge in [0.1, 0.15) is 0 Å². The Morgan fingerprint density at radius 3 is 2.33 bits per heavy atom. The highest BCUT2D eigenvalue weighted by atomic mass is 16.6. The molecule has 0 aromatic carbocycles. The van der Waals surface area contributed by atoms with Gasteiger partial charge in [0.15, 0.2) is 5.79 Å². The van der Waals surface area contributed by atoms with Crippen LogP contribution in [0.5, 0.6) is 0 Å². The van der Waals surface area contributed by atoms with Crippen molar-refractivity contribution in [1.82, 2.24) is 0 Å². The van der Waals surface area contributed by atoms with E-state index in [-0.39, 0.29) is 6.10 Å². The van der Waals surface area contributed by atoms with Gasteiger partial charge in [0.05, 0.1) is 6.10 Å². The van der Waals surface area contributed by atoms with Gasteiger partial charge in [-0.2, -0.15) is 0 Å². The molecular weight excluding hydrogens is 152 g/mol. The molecule has 0 bridgehead atoms. The van der Waals surface area contributed by atoms with Crippen LogP contribution >= 0.6 is 0 Å². The summed E-state index contributed by atoms with van der Waals surface area (Å²) in [6.45, 7) is 5.61. The fourth-order valence-corrected chi connectivity index (χ4v) is 1.83. The maximum Gasteiger partial charge on any atom is 0.160 e. The lowest BCUT2D eigenvalue weighted by atomic mass is 9.88. The predicted octanol–water partition coefficient (Wildman–Crippen LogP) is 2.31. The molecule has 0 saturated heterocycles. The van der Waals surface area contributed by atoms with Crippen molar-refractivity contribution >= 4 is 0 Å². The van der Waals surface area contributed by atoms with E-state index in [1.54, 1.807) is 13.8 Å². The van der Waals surface area contributed by atoms with Crippen LogP contribution in [0.1, 0.15) is 46.5 Å². The van der Waals surface area contributed by atoms with Gasteiger partial charge in [0.25, 0.3) is 0 Å². The molecule has 0 aromatic rings. The number of rotatable bonds is 2. The highest BCUT2D eigenvalue weighted by Crippen LogP contribution is 2.28. The minimum Gasteiger partial charge on any atom is -0.366 e. The minimum atomic E-state index is -0.962. The van der Waals surface area contributed by atoms with Crippen LogP contribution < -0.4 is 0 Å². The van der Waals surface area contributed by atoms with Crippen LogP contribution in [0.4, 0.5) is 0 Å². The van der Waals surface area contributed by atoms with Crippen LogP contribution in [0.2, 0.25) is 0 Å². The van der Waals surface area contributed by atoms with Crippen molar-refractivity contribution in [1.29, 1.82) is 0 Å². The topological polar surface area (TPSA) is 29.5 Å². The van der Waals surface area contributed by atoms with E-state index in [1.165, 1.54) is 19.3 Å². The fourth-order valence-electron chi connectivity index (χ4n) is 1.83. The van der Waals surface area contributed by atoms with Crippen LogP contribution in [0.15, 0.2) is 0 Å². The molecule has 0 radical (unpaired) electrons. The van der Waals surface area contributed by atoms with E-state index < -0.39 is 5.79 Å². The zero-order valence-electron chi connectivity index (χ0n) is 8.34. The molecule has 1 aliphatic rings. The first kappa shape index (κ1) is 10.0. The molecule has 0 aliphatic heterocycles. The highest BCUT2D eigenvalue weighted by molar-refractivity contribution is 4.73. The van der Waals surface area contributed by atoms with Gasteiger partial charge < -0.3 is 9.84 Å². The summed E-state index contributed by atoms with van der Waals surface area (Å²) in [6.07, 6.45) is 5.16. The van der Waals surface area contributed by atoms with Crippen molar-refractivity contribution in [3.63, 3.8) is 0 Å². The molecule has 72 valence electrons. The molecule has 0 heterocycles. The average Bonchev–Trinajstić information content (AvgIpc) is 1.91. The summed E-state index contributed by atoms with van der Waals surface area (Å²) < 4.78 is 5.55. The predicted molar refractivity (Wildman–Crippen MR) is 48.8 cm³/mol. The lowest BCUT2D eigenvalue weighted by Gasteiger charge is -2.33. The summed E-state index contributed by atoms with van der Waals surface area (Å²) in [5, 5.41) is 9.47. The summed E-state index contributed by atoms with van der Waals surface area (Å²) in [6, 6.07) is 0. The largest absolute Gasteiger partial charge is 0.366 e. The Balaban J connectivity index is 2.39. The molecule has 1 aliphatic carbocycles. The lowest BCUT2D eigenvalue weighted by Crippen LogP contribution is -2.35. The monoisotopic (exact) mass is 172 g/mol. The van der Waals surface area contributed by atoms with Crippen molar-refractivity contribution in [2.24, 2.45) is 5.92 Å². The molecule has 0 aromatic heterocycles. The zero-order valence-corrected chi connectivity index (χ0v) is 8.34. The van der Waals surface area contributed by atoms with Crippen molar-refractivity contribution in [3.8, 4) is 0 Å². The van der Waals surface area contributed by atoms with E-state index >= 15 is 0 Å². The second-order valence-corrected chi connectivity index (χ2v) is 4.36. The molecule has 1 saturated carbocycles. The quantitative estimate of drug-likeness (QED) is 0.648. The van der Waals surface area contributed by atoms with Crippen LogP contribution in [-0.4, -0.2) is 17.0 Å². The van der Waals surface area contributed by atoms with E-state index in [9.17, 15) is 5.11 Å². The van der Waals surface area contributed by atoms with Gasteiger partial charge in [-0.3, -0.25) is 0 Å². The Bertz CT molecular complexity index is 137. The van der Waals surface area contributed by atoms with Gasteiger partial charge in [-0.1, -0.05) is 19.8 Å². The minimum absolute atomic E-state index is 0.263. The van der Waals surface area contributed by atoms with Gasteiger partial charge >= 0.3 is 0 Å². The molecule has 0 amide bonds. The summed E-state index contributed by atoms with van der Waals surface area (Å²) in [4.78, 5) is 0. The van der Waals surface area contributed by atoms with Crippen molar-refractivity contribution < 1.29 is 9.84 Å². The molecule has 2 nitrogen and oxygen atoms in total. The zero-order chi connectivity index (χ0) is 9.19. The van der Waals surface area contributed by atoms with Crippen LogP contribution in [-0.2, 0) is 4.74 Å². The Labute approximate surface area is 74.9 Å². The summed E-state index contributed by atoms with van der Waals surface area (Å²) >= 11 is 0. The second kappa shape index (κ2) is 3.75. The Kier molecular flexibility index (Phi) is 3.13. The third-order valence-corrected chi connectivity index (χ3v) is 2.47. The molecule has 0 spiro atoms. The van der Waals surface area contributed by atoms with Gasteiger partial charge in [0.2, 0.25) is 0 Å². The van der Waals surface area contributed by atoms with Crippen LogP contribution in [0, 0.1) is 5.92 Å². The molecule has 1 rings (SSSR count). The number of hydrogen-bond acceptors (Lipinski definition) is 2. The molecule has 12 heavy (non-hydrogen) atoms. The Morgan fingerprint density at radius 1 is 1.25 bits per heavy atom. The first-order valence-corrected chi connectivity index (χ1v) is 4.89. The first-order valence-electron chi connectivity index (χ1n) is 4.89. The number of ether oxygens (including phenoxy) is 1. The van der Waals surface area contributed by atoms with Gasteiger partial charge in [0, 0.05) is 0 Å². The SMILES string of the molecule is C[C@@H]1CCCCC1OC(C)(C)O. The van der Waals surface area contributed by atoms with Crippen molar-refractivity contribution in [2.45, 2.75) is 58.3 Å². The van der Waals surface area contributed by atoms with Crippen LogP contribution in [0.3, 0.4) is 0 Å². The third-order valence-electron chi connectivity index (χ3n) is 2.47. The molecule has 2 heteroatoms. The summed E-state index contributed by atoms with van der Waals surface area (Å²) in [5.74, 6) is -0.360. The number of aliphatic hydroxyl groups is 1. The number of hydrogen-bond donors (Lipinski definition) is 1. The van der Waals surface area contributed by atoms with E-state index in [4.69, 9.17) is 4.74 Å². The maximum atomic E-state index is 9.47.